The molecule has 0 spiro atoms. The van der Waals surface area contributed by atoms with Crippen LogP contribution in [0.25, 0.3) is 5.57 Å². The van der Waals surface area contributed by atoms with Crippen molar-refractivity contribution in [2.75, 3.05) is 0 Å². The fraction of sp³-hybridized carbons (Fsp3) is 0.200. The standard InChI is InChI=1S/C20H18FNO2S/c1-13(2)25-18-17(14-8-4-3-5-9-14)19(23)22(20(18)24)12-15-10-6-7-11-16(15)21/h3-11,13H,12H2,1-2H3. The molecule has 1 aliphatic heterocycles. The number of thioether (sulfide) groups is 1. The van der Waals surface area contributed by atoms with Crippen molar-refractivity contribution >= 4 is 29.1 Å². The van der Waals surface area contributed by atoms with Crippen LogP contribution in [0.4, 0.5) is 4.39 Å². The van der Waals surface area contributed by atoms with Gasteiger partial charge in [0.2, 0.25) is 0 Å². The summed E-state index contributed by atoms with van der Waals surface area (Å²) in [5.74, 6) is -1.15. The molecule has 1 heterocycles. The van der Waals surface area contributed by atoms with Crippen molar-refractivity contribution in [1.29, 1.82) is 0 Å². The first-order chi connectivity index (χ1) is 12.0. The Morgan fingerprint density at radius 1 is 0.960 bits per heavy atom. The van der Waals surface area contributed by atoms with Gasteiger partial charge in [-0.1, -0.05) is 62.4 Å². The van der Waals surface area contributed by atoms with E-state index in [0.29, 0.717) is 21.6 Å². The molecule has 3 nitrogen and oxygen atoms in total. The zero-order valence-corrected chi connectivity index (χ0v) is 14.8. The van der Waals surface area contributed by atoms with Gasteiger partial charge in [0.1, 0.15) is 5.82 Å². The van der Waals surface area contributed by atoms with Crippen LogP contribution in [0, 0.1) is 5.82 Å². The van der Waals surface area contributed by atoms with Gasteiger partial charge in [-0.05, 0) is 11.6 Å². The molecule has 128 valence electrons. The topological polar surface area (TPSA) is 37.4 Å². The molecule has 0 bridgehead atoms. The summed E-state index contributed by atoms with van der Waals surface area (Å²) in [6.45, 7) is 3.87. The molecule has 0 atom stereocenters. The van der Waals surface area contributed by atoms with Crippen LogP contribution in [0.15, 0.2) is 59.5 Å². The van der Waals surface area contributed by atoms with Crippen molar-refractivity contribution in [3.8, 4) is 0 Å². The monoisotopic (exact) mass is 355 g/mol. The summed E-state index contributed by atoms with van der Waals surface area (Å²) < 4.78 is 14.0. The van der Waals surface area contributed by atoms with E-state index in [1.807, 2.05) is 44.2 Å². The van der Waals surface area contributed by atoms with E-state index in [1.54, 1.807) is 18.2 Å². The predicted molar refractivity (Wildman–Crippen MR) is 98.0 cm³/mol. The van der Waals surface area contributed by atoms with Crippen molar-refractivity contribution < 1.29 is 14.0 Å². The predicted octanol–water partition coefficient (Wildman–Crippen LogP) is 4.25. The van der Waals surface area contributed by atoms with Gasteiger partial charge in [0, 0.05) is 10.8 Å². The third kappa shape index (κ3) is 3.51. The van der Waals surface area contributed by atoms with Crippen LogP contribution in [0.1, 0.15) is 25.0 Å². The highest BCUT2D eigenvalue weighted by molar-refractivity contribution is 8.04. The number of amides is 2. The Balaban J connectivity index is 1.99. The first-order valence-electron chi connectivity index (χ1n) is 8.05. The smallest absolute Gasteiger partial charge is 0.268 e. The van der Waals surface area contributed by atoms with Crippen LogP contribution in [-0.2, 0) is 16.1 Å². The van der Waals surface area contributed by atoms with E-state index in [-0.39, 0.29) is 23.6 Å². The minimum Gasteiger partial charge on any atom is -0.269 e. The van der Waals surface area contributed by atoms with Gasteiger partial charge in [-0.3, -0.25) is 14.5 Å². The highest BCUT2D eigenvalue weighted by Gasteiger charge is 2.39. The van der Waals surface area contributed by atoms with Gasteiger partial charge in [-0.15, -0.1) is 11.8 Å². The highest BCUT2D eigenvalue weighted by Crippen LogP contribution is 2.38. The third-order valence-corrected chi connectivity index (χ3v) is 4.91. The van der Waals surface area contributed by atoms with Crippen LogP contribution in [-0.4, -0.2) is 22.0 Å². The molecule has 2 amide bonds. The molecule has 0 radical (unpaired) electrons. The molecule has 0 aromatic heterocycles. The second-order valence-corrected chi connectivity index (χ2v) is 7.61. The number of hydrogen-bond donors (Lipinski definition) is 0. The highest BCUT2D eigenvalue weighted by atomic mass is 32.2. The normalized spacial score (nSPS) is 14.8. The van der Waals surface area contributed by atoms with Gasteiger partial charge in [0.05, 0.1) is 17.0 Å². The van der Waals surface area contributed by atoms with Gasteiger partial charge < -0.3 is 0 Å². The minimum absolute atomic E-state index is 0.0666. The van der Waals surface area contributed by atoms with Gasteiger partial charge in [-0.2, -0.15) is 0 Å². The number of imide groups is 1. The second-order valence-electron chi connectivity index (χ2n) is 6.02. The van der Waals surface area contributed by atoms with E-state index in [2.05, 4.69) is 0 Å². The van der Waals surface area contributed by atoms with Gasteiger partial charge >= 0.3 is 0 Å². The SMILES string of the molecule is CC(C)SC1=C(c2ccccc2)C(=O)N(Cc2ccccc2F)C1=O. The molecule has 3 rings (SSSR count). The van der Waals surface area contributed by atoms with Crippen molar-refractivity contribution in [2.45, 2.75) is 25.6 Å². The maximum atomic E-state index is 14.0. The van der Waals surface area contributed by atoms with Crippen LogP contribution < -0.4 is 0 Å². The van der Waals surface area contributed by atoms with E-state index >= 15 is 0 Å². The minimum atomic E-state index is -0.422. The lowest BCUT2D eigenvalue weighted by molar-refractivity contribution is -0.137. The van der Waals surface area contributed by atoms with Gasteiger partial charge in [0.25, 0.3) is 11.8 Å². The summed E-state index contributed by atoms with van der Waals surface area (Å²) in [7, 11) is 0. The lowest BCUT2D eigenvalue weighted by atomic mass is 10.1. The Hall–Kier alpha value is -2.40. The molecule has 0 saturated carbocycles. The maximum Gasteiger partial charge on any atom is 0.268 e. The van der Waals surface area contributed by atoms with E-state index in [4.69, 9.17) is 0 Å². The Bertz CT molecular complexity index is 846. The lowest BCUT2D eigenvalue weighted by Gasteiger charge is -2.16. The van der Waals surface area contributed by atoms with Crippen LogP contribution in [0.5, 0.6) is 0 Å². The number of nitrogens with zero attached hydrogens (tertiary/aromatic N) is 1. The third-order valence-electron chi connectivity index (χ3n) is 3.83. The first kappa shape index (κ1) is 17.4. The first-order valence-corrected chi connectivity index (χ1v) is 8.93. The summed E-state index contributed by atoms with van der Waals surface area (Å²) in [5, 5.41) is 0.152. The summed E-state index contributed by atoms with van der Waals surface area (Å²) in [4.78, 5) is 27.4. The average molecular weight is 355 g/mol. The molecule has 1 aliphatic rings. The number of halogens is 1. The molecule has 2 aromatic carbocycles. The molecular formula is C20H18FNO2S. The zero-order chi connectivity index (χ0) is 18.0. The zero-order valence-electron chi connectivity index (χ0n) is 14.0. The van der Waals surface area contributed by atoms with Gasteiger partial charge in [-0.25, -0.2) is 4.39 Å². The molecule has 0 fully saturated rings. The van der Waals surface area contributed by atoms with Crippen molar-refractivity contribution in [2.24, 2.45) is 0 Å². The molecule has 2 aromatic rings. The van der Waals surface area contributed by atoms with Gasteiger partial charge in [0.15, 0.2) is 0 Å². The fourth-order valence-corrected chi connectivity index (χ4v) is 3.70. The molecule has 25 heavy (non-hydrogen) atoms. The van der Waals surface area contributed by atoms with Crippen LogP contribution in [0.3, 0.4) is 0 Å². The summed E-state index contributed by atoms with van der Waals surface area (Å²) >= 11 is 1.37. The fourth-order valence-electron chi connectivity index (χ4n) is 2.70. The molecule has 5 heteroatoms. The number of carbonyl (C=O) groups is 2. The largest absolute Gasteiger partial charge is 0.269 e. The Morgan fingerprint density at radius 2 is 1.60 bits per heavy atom. The summed E-state index contributed by atoms with van der Waals surface area (Å²) in [6, 6.07) is 15.3. The summed E-state index contributed by atoms with van der Waals surface area (Å²) in [5.41, 5.74) is 1.44. The second kappa shape index (κ2) is 7.23. The Labute approximate surface area is 150 Å². The quantitative estimate of drug-likeness (QED) is 0.753. The molecule has 0 unspecified atom stereocenters. The number of carbonyl (C=O) groups excluding carboxylic acids is 2. The number of hydrogen-bond acceptors (Lipinski definition) is 3. The Kier molecular flexibility index (Phi) is 5.04. The number of rotatable bonds is 5. The lowest BCUT2D eigenvalue weighted by Crippen LogP contribution is -2.31. The van der Waals surface area contributed by atoms with E-state index in [0.717, 1.165) is 4.90 Å². The molecule has 0 saturated heterocycles. The molecular weight excluding hydrogens is 337 g/mol. The Morgan fingerprint density at radius 3 is 2.24 bits per heavy atom. The molecule has 0 N–H and O–H groups in total. The van der Waals surface area contributed by atoms with Crippen molar-refractivity contribution in [1.82, 2.24) is 4.90 Å². The van der Waals surface area contributed by atoms with Crippen LogP contribution >= 0.6 is 11.8 Å². The van der Waals surface area contributed by atoms with E-state index < -0.39 is 5.82 Å². The average Bonchev–Trinajstić information content (AvgIpc) is 2.81. The molecule has 0 aliphatic carbocycles. The van der Waals surface area contributed by atoms with E-state index in [9.17, 15) is 14.0 Å². The van der Waals surface area contributed by atoms with Crippen LogP contribution in [0.2, 0.25) is 0 Å². The van der Waals surface area contributed by atoms with Crippen molar-refractivity contribution in [3.63, 3.8) is 0 Å². The maximum absolute atomic E-state index is 14.0. The van der Waals surface area contributed by atoms with E-state index in [1.165, 1.54) is 17.8 Å². The number of benzene rings is 2. The summed E-state index contributed by atoms with van der Waals surface area (Å²) in [6.07, 6.45) is 0. The van der Waals surface area contributed by atoms with Crippen molar-refractivity contribution in [3.05, 3.63) is 76.4 Å².